The van der Waals surface area contributed by atoms with Crippen LogP contribution in [-0.2, 0) is 19.1 Å². The fraction of sp³-hybridized carbons (Fsp3) is 0.747. The summed E-state index contributed by atoms with van der Waals surface area (Å²) in [5.41, 5.74) is 0. The Morgan fingerprint density at radius 1 is 0.286 bits per heavy atom. The molecule has 484 valence electrons. The van der Waals surface area contributed by atoms with E-state index in [1.807, 2.05) is 0 Å². The molecule has 5 nitrogen and oxygen atoms in total. The Morgan fingerprint density at radius 3 is 0.774 bits per heavy atom. The maximum atomic E-state index is 12.4. The van der Waals surface area contributed by atoms with Crippen LogP contribution in [0.25, 0.3) is 0 Å². The van der Waals surface area contributed by atoms with E-state index in [9.17, 15) is 14.7 Å². The van der Waals surface area contributed by atoms with Crippen LogP contribution in [-0.4, -0.2) is 36.4 Å². The van der Waals surface area contributed by atoms with E-state index in [4.69, 9.17) is 9.47 Å². The zero-order valence-corrected chi connectivity index (χ0v) is 55.6. The monoisotopic (exact) mass is 1170 g/mol. The van der Waals surface area contributed by atoms with Crippen molar-refractivity contribution in [3.8, 4) is 0 Å². The van der Waals surface area contributed by atoms with E-state index in [1.54, 1.807) is 0 Å². The molecule has 0 spiro atoms. The van der Waals surface area contributed by atoms with Crippen LogP contribution < -0.4 is 0 Å². The standard InChI is InChI=1S/C79H138O5/c1-3-5-7-9-11-13-15-17-19-21-23-25-27-29-31-33-35-36-37-38-39-40-41-42-44-45-47-49-51-53-55-57-59-61-63-65-67-69-71-73-78(81)83-76-77(75-80)84-79(82)74-72-70-68-66-64-62-60-58-56-54-52-50-48-46-43-34-32-30-28-26-24-22-20-18-16-14-12-10-8-6-4-2/h6,8,12,14-15,17-18,20-21,23-24,26-27,29-30,32,43,46,77,80H,3-5,7,9-11,13,16,19,22,25,28,31,33-42,44-45,47-76H2,1-2H3/b8-6-,14-12-,17-15-,20-18-,23-21-,26-24-,29-27-,32-30-,46-43-. The Labute approximate surface area is 522 Å². The quantitative estimate of drug-likeness (QED) is 0.0373. The highest BCUT2D eigenvalue weighted by atomic mass is 16.6. The average molecular weight is 1170 g/mol. The molecule has 0 amide bonds. The van der Waals surface area contributed by atoms with E-state index < -0.39 is 6.10 Å². The number of carbonyl (C=O) groups is 2. The van der Waals surface area contributed by atoms with Crippen molar-refractivity contribution in [1.82, 2.24) is 0 Å². The number of aliphatic hydroxyl groups excluding tert-OH is 1. The summed E-state index contributed by atoms with van der Waals surface area (Å²) in [6, 6.07) is 0. The van der Waals surface area contributed by atoms with Gasteiger partial charge in [0, 0.05) is 12.8 Å². The summed E-state index contributed by atoms with van der Waals surface area (Å²) in [5.74, 6) is -0.581. The number of hydrogen-bond donors (Lipinski definition) is 1. The second-order valence-electron chi connectivity index (χ2n) is 24.3. The van der Waals surface area contributed by atoms with Gasteiger partial charge in [-0.1, -0.05) is 354 Å². The molecule has 1 unspecified atom stereocenters. The lowest BCUT2D eigenvalue weighted by Gasteiger charge is -2.15. The predicted molar refractivity (Wildman–Crippen MR) is 371 cm³/mol. The molecule has 0 saturated carbocycles. The van der Waals surface area contributed by atoms with Gasteiger partial charge < -0.3 is 14.6 Å². The molecule has 0 aromatic heterocycles. The maximum Gasteiger partial charge on any atom is 0.306 e. The molecular weight excluding hydrogens is 1030 g/mol. The zero-order valence-electron chi connectivity index (χ0n) is 55.6. The molecule has 0 aliphatic rings. The molecule has 0 aliphatic carbocycles. The lowest BCUT2D eigenvalue weighted by Crippen LogP contribution is -2.28. The highest BCUT2D eigenvalue weighted by molar-refractivity contribution is 5.70. The van der Waals surface area contributed by atoms with Gasteiger partial charge in [-0.25, -0.2) is 0 Å². The Kier molecular flexibility index (Phi) is 70.8. The van der Waals surface area contributed by atoms with Crippen molar-refractivity contribution < 1.29 is 24.2 Å². The first-order chi connectivity index (χ1) is 41.6. The lowest BCUT2D eigenvalue weighted by atomic mass is 10.0. The summed E-state index contributed by atoms with van der Waals surface area (Å²) in [7, 11) is 0. The van der Waals surface area contributed by atoms with E-state index in [-0.39, 0.29) is 25.2 Å². The average Bonchev–Trinajstić information content (AvgIpc) is 3.51. The first-order valence-electron chi connectivity index (χ1n) is 36.4. The predicted octanol–water partition coefficient (Wildman–Crippen LogP) is 25.5. The van der Waals surface area contributed by atoms with Crippen molar-refractivity contribution in [2.75, 3.05) is 13.2 Å². The molecule has 0 aromatic rings. The van der Waals surface area contributed by atoms with Gasteiger partial charge in [-0.2, -0.15) is 0 Å². The maximum absolute atomic E-state index is 12.4. The van der Waals surface area contributed by atoms with Crippen LogP contribution in [0, 0.1) is 0 Å². The number of carbonyl (C=O) groups excluding carboxylic acids is 2. The van der Waals surface area contributed by atoms with Crippen molar-refractivity contribution in [2.45, 2.75) is 367 Å². The number of allylic oxidation sites excluding steroid dienone is 18. The largest absolute Gasteiger partial charge is 0.462 e. The molecule has 0 heterocycles. The summed E-state index contributed by atoms with van der Waals surface area (Å²) in [4.78, 5) is 24.7. The van der Waals surface area contributed by atoms with Crippen LogP contribution in [0.4, 0.5) is 0 Å². The van der Waals surface area contributed by atoms with E-state index in [0.717, 1.165) is 89.9 Å². The molecule has 5 heteroatoms. The highest BCUT2D eigenvalue weighted by Gasteiger charge is 2.16. The number of esters is 2. The Bertz CT molecular complexity index is 1610. The van der Waals surface area contributed by atoms with Gasteiger partial charge in [0.1, 0.15) is 6.61 Å². The van der Waals surface area contributed by atoms with E-state index in [2.05, 4.69) is 123 Å². The molecule has 0 radical (unpaired) electrons. The molecule has 1 atom stereocenters. The minimum absolute atomic E-state index is 0.0671. The van der Waals surface area contributed by atoms with Crippen LogP contribution in [0.3, 0.4) is 0 Å². The van der Waals surface area contributed by atoms with Gasteiger partial charge in [0.2, 0.25) is 0 Å². The second-order valence-corrected chi connectivity index (χ2v) is 24.3. The first kappa shape index (κ1) is 80.6. The van der Waals surface area contributed by atoms with Crippen LogP contribution in [0.2, 0.25) is 0 Å². The van der Waals surface area contributed by atoms with E-state index in [1.165, 1.54) is 244 Å². The van der Waals surface area contributed by atoms with Crippen molar-refractivity contribution in [1.29, 1.82) is 0 Å². The van der Waals surface area contributed by atoms with Crippen LogP contribution in [0.5, 0.6) is 0 Å². The van der Waals surface area contributed by atoms with E-state index >= 15 is 0 Å². The Morgan fingerprint density at radius 2 is 0.512 bits per heavy atom. The number of ether oxygens (including phenoxy) is 2. The van der Waals surface area contributed by atoms with Crippen LogP contribution >= 0.6 is 0 Å². The molecular formula is C79H138O5. The van der Waals surface area contributed by atoms with Crippen molar-refractivity contribution in [3.05, 3.63) is 109 Å². The summed E-state index contributed by atoms with van der Waals surface area (Å²) in [6.45, 7) is 4.05. The minimum atomic E-state index is -0.779. The van der Waals surface area contributed by atoms with Gasteiger partial charge in [0.15, 0.2) is 6.10 Å². The Hall–Kier alpha value is -3.44. The smallest absolute Gasteiger partial charge is 0.306 e. The minimum Gasteiger partial charge on any atom is -0.462 e. The third-order valence-corrected chi connectivity index (χ3v) is 16.1. The number of unbranched alkanes of at least 4 members (excludes halogenated alkanes) is 41. The third kappa shape index (κ3) is 71.0. The molecule has 0 fully saturated rings. The molecule has 0 rings (SSSR count). The molecule has 1 N–H and O–H groups in total. The van der Waals surface area contributed by atoms with Gasteiger partial charge in [0.05, 0.1) is 6.61 Å². The fourth-order valence-electron chi connectivity index (χ4n) is 10.6. The lowest BCUT2D eigenvalue weighted by molar-refractivity contribution is -0.161. The summed E-state index contributed by atoms with van der Waals surface area (Å²) in [6.07, 6.45) is 107. The number of hydrogen-bond acceptors (Lipinski definition) is 5. The Balaban J connectivity index is 3.44. The summed E-state index contributed by atoms with van der Waals surface area (Å²) in [5, 5.41) is 9.71. The highest BCUT2D eigenvalue weighted by Crippen LogP contribution is 2.18. The third-order valence-electron chi connectivity index (χ3n) is 16.1. The second kappa shape index (κ2) is 73.8. The summed E-state index contributed by atoms with van der Waals surface area (Å²) >= 11 is 0. The molecule has 0 aromatic carbocycles. The number of aliphatic hydroxyl groups is 1. The zero-order chi connectivity index (χ0) is 60.5. The van der Waals surface area contributed by atoms with Crippen LogP contribution in [0.15, 0.2) is 109 Å². The topological polar surface area (TPSA) is 72.8 Å². The van der Waals surface area contributed by atoms with Gasteiger partial charge in [-0.05, 0) is 103 Å². The van der Waals surface area contributed by atoms with Gasteiger partial charge in [0.25, 0.3) is 0 Å². The van der Waals surface area contributed by atoms with E-state index in [0.29, 0.717) is 12.8 Å². The van der Waals surface area contributed by atoms with Crippen molar-refractivity contribution in [3.63, 3.8) is 0 Å². The first-order valence-corrected chi connectivity index (χ1v) is 36.4. The van der Waals surface area contributed by atoms with Gasteiger partial charge in [-0.15, -0.1) is 0 Å². The van der Waals surface area contributed by atoms with Crippen LogP contribution in [0.1, 0.15) is 361 Å². The van der Waals surface area contributed by atoms with Gasteiger partial charge in [-0.3, -0.25) is 9.59 Å². The number of rotatable bonds is 67. The molecule has 0 bridgehead atoms. The fourth-order valence-corrected chi connectivity index (χ4v) is 10.6. The summed E-state index contributed by atoms with van der Waals surface area (Å²) < 4.78 is 10.8. The normalized spacial score (nSPS) is 12.8. The van der Waals surface area contributed by atoms with Crippen molar-refractivity contribution >= 4 is 11.9 Å². The SMILES string of the molecule is CC/C=C\C/C=C\C/C=C\C/C=C\C/C=C\C/C=C\CCCCCCCCCCCCCCC(=O)OC(CO)COC(=O)CCCCCCCCCCCCCCCCCCCCCCCCCC/C=C\C/C=C\C/C=C\CCCCCCC. The molecule has 0 aliphatic heterocycles. The molecule has 84 heavy (non-hydrogen) atoms. The van der Waals surface area contributed by atoms with Crippen molar-refractivity contribution in [2.24, 2.45) is 0 Å². The molecule has 0 saturated heterocycles. The van der Waals surface area contributed by atoms with Gasteiger partial charge >= 0.3 is 11.9 Å².